The normalized spacial score (nSPS) is 35.0. The maximum atomic E-state index is 12.8. The van der Waals surface area contributed by atoms with Crippen molar-refractivity contribution in [2.45, 2.75) is 56.3 Å². The van der Waals surface area contributed by atoms with Gasteiger partial charge in [-0.2, -0.15) is 13.2 Å². The monoisotopic (exact) mass is 286 g/mol. The van der Waals surface area contributed by atoms with Crippen molar-refractivity contribution >= 4 is 0 Å². The van der Waals surface area contributed by atoms with Crippen molar-refractivity contribution < 1.29 is 13.2 Å². The summed E-state index contributed by atoms with van der Waals surface area (Å²) in [6.45, 7) is 3.79. The van der Waals surface area contributed by atoms with E-state index in [1.54, 1.807) is 6.07 Å². The molecule has 0 saturated heterocycles. The Balaban J connectivity index is 2.26. The van der Waals surface area contributed by atoms with Crippen molar-refractivity contribution in [2.24, 2.45) is 11.5 Å². The third-order valence-corrected chi connectivity index (χ3v) is 4.67. The van der Waals surface area contributed by atoms with Crippen molar-refractivity contribution in [1.82, 2.24) is 0 Å². The van der Waals surface area contributed by atoms with Gasteiger partial charge < -0.3 is 11.5 Å². The van der Waals surface area contributed by atoms with Crippen LogP contribution in [-0.4, -0.2) is 11.1 Å². The third-order valence-electron chi connectivity index (χ3n) is 4.67. The average Bonchev–Trinajstić information content (AvgIpc) is 2.32. The summed E-state index contributed by atoms with van der Waals surface area (Å²) < 4.78 is 38.3. The van der Waals surface area contributed by atoms with E-state index in [0.29, 0.717) is 18.4 Å². The molecule has 0 heterocycles. The highest BCUT2D eigenvalue weighted by Crippen LogP contribution is 2.42. The smallest absolute Gasteiger partial charge is 0.324 e. The van der Waals surface area contributed by atoms with Gasteiger partial charge in [0.15, 0.2) is 0 Å². The van der Waals surface area contributed by atoms with Crippen LogP contribution in [0.4, 0.5) is 13.2 Å². The molecule has 3 unspecified atom stereocenters. The fourth-order valence-electron chi connectivity index (χ4n) is 2.86. The van der Waals surface area contributed by atoms with E-state index in [9.17, 15) is 13.2 Å². The summed E-state index contributed by atoms with van der Waals surface area (Å²) in [5.41, 5.74) is 11.5. The summed E-state index contributed by atoms with van der Waals surface area (Å²) in [7, 11) is 0. The Hall–Kier alpha value is -1.07. The van der Waals surface area contributed by atoms with E-state index < -0.39 is 22.8 Å². The average molecular weight is 286 g/mol. The van der Waals surface area contributed by atoms with Crippen LogP contribution in [0, 0.1) is 0 Å². The van der Waals surface area contributed by atoms with Crippen LogP contribution in [0.1, 0.15) is 50.2 Å². The Morgan fingerprint density at radius 2 is 1.80 bits per heavy atom. The fourth-order valence-corrected chi connectivity index (χ4v) is 2.86. The molecule has 2 rings (SSSR count). The summed E-state index contributed by atoms with van der Waals surface area (Å²) in [4.78, 5) is 0. The molecule has 1 aliphatic rings. The van der Waals surface area contributed by atoms with Gasteiger partial charge in [-0.1, -0.05) is 18.2 Å². The summed E-state index contributed by atoms with van der Waals surface area (Å²) in [6, 6.07) is 5.54. The van der Waals surface area contributed by atoms with E-state index in [4.69, 9.17) is 11.5 Å². The van der Waals surface area contributed by atoms with E-state index in [-0.39, 0.29) is 5.92 Å². The predicted molar refractivity (Wildman–Crippen MR) is 73.2 cm³/mol. The van der Waals surface area contributed by atoms with Crippen LogP contribution in [0.25, 0.3) is 0 Å². The van der Waals surface area contributed by atoms with Crippen LogP contribution in [0.2, 0.25) is 0 Å². The molecule has 1 fully saturated rings. The Bertz CT molecular complexity index is 492. The number of hydrogen-bond acceptors (Lipinski definition) is 2. The highest BCUT2D eigenvalue weighted by atomic mass is 19.4. The molecule has 1 aromatic rings. The topological polar surface area (TPSA) is 52.0 Å². The van der Waals surface area contributed by atoms with Crippen LogP contribution < -0.4 is 11.5 Å². The lowest BCUT2D eigenvalue weighted by Gasteiger charge is -2.48. The lowest BCUT2D eigenvalue weighted by molar-refractivity contribution is -0.137. The molecule has 0 aromatic heterocycles. The molecule has 1 aliphatic carbocycles. The Morgan fingerprint density at radius 3 is 2.35 bits per heavy atom. The van der Waals surface area contributed by atoms with Crippen molar-refractivity contribution in [3.8, 4) is 0 Å². The summed E-state index contributed by atoms with van der Waals surface area (Å²) in [5.74, 6) is 0.0314. The second kappa shape index (κ2) is 4.74. The molecule has 0 aliphatic heterocycles. The number of benzene rings is 1. The van der Waals surface area contributed by atoms with Gasteiger partial charge in [0.05, 0.1) is 5.56 Å². The minimum absolute atomic E-state index is 0.0314. The Labute approximate surface area is 117 Å². The van der Waals surface area contributed by atoms with Crippen molar-refractivity contribution in [3.05, 3.63) is 35.4 Å². The van der Waals surface area contributed by atoms with E-state index in [0.717, 1.165) is 12.5 Å². The number of nitrogens with two attached hydrogens (primary N) is 2. The summed E-state index contributed by atoms with van der Waals surface area (Å²) in [5, 5.41) is 0. The van der Waals surface area contributed by atoms with Crippen LogP contribution in [-0.2, 0) is 6.18 Å². The van der Waals surface area contributed by atoms with Gasteiger partial charge in [-0.15, -0.1) is 0 Å². The van der Waals surface area contributed by atoms with Crippen LogP contribution >= 0.6 is 0 Å². The molecular weight excluding hydrogens is 265 g/mol. The highest BCUT2D eigenvalue weighted by Gasteiger charge is 2.44. The van der Waals surface area contributed by atoms with Gasteiger partial charge in [0, 0.05) is 11.1 Å². The third kappa shape index (κ3) is 2.83. The fraction of sp³-hybridized carbons (Fsp3) is 0.600. The van der Waals surface area contributed by atoms with E-state index in [2.05, 4.69) is 0 Å². The molecule has 0 radical (unpaired) electrons. The number of rotatable bonds is 1. The molecule has 0 amide bonds. The first-order valence-corrected chi connectivity index (χ1v) is 6.78. The van der Waals surface area contributed by atoms with E-state index in [1.807, 2.05) is 13.8 Å². The largest absolute Gasteiger partial charge is 0.416 e. The van der Waals surface area contributed by atoms with Crippen LogP contribution in [0.5, 0.6) is 0 Å². The molecule has 0 bridgehead atoms. The Morgan fingerprint density at radius 1 is 1.15 bits per heavy atom. The molecule has 1 aromatic carbocycles. The quantitative estimate of drug-likeness (QED) is 0.831. The summed E-state index contributed by atoms with van der Waals surface area (Å²) in [6.07, 6.45) is -2.23. The first-order valence-electron chi connectivity index (χ1n) is 6.78. The van der Waals surface area contributed by atoms with Gasteiger partial charge in [-0.05, 0) is 50.7 Å². The molecule has 3 atom stereocenters. The van der Waals surface area contributed by atoms with Crippen molar-refractivity contribution in [2.75, 3.05) is 0 Å². The van der Waals surface area contributed by atoms with Crippen molar-refractivity contribution in [1.29, 1.82) is 0 Å². The van der Waals surface area contributed by atoms with Gasteiger partial charge in [0.1, 0.15) is 0 Å². The molecule has 20 heavy (non-hydrogen) atoms. The minimum atomic E-state index is -4.31. The molecule has 2 nitrogen and oxygen atoms in total. The SMILES string of the molecule is CC1(N)CCC(c2cccc(C(F)(F)F)c2)CC1(C)N. The predicted octanol–water partition coefficient (Wildman–Crippen LogP) is 3.41. The standard InChI is InChI=1S/C15H21F3N2/c1-13(19)7-6-11(9-14(13,2)20)10-4-3-5-12(8-10)15(16,17)18/h3-5,8,11H,6-7,9,19-20H2,1-2H3. The molecular formula is C15H21F3N2. The van der Waals surface area contributed by atoms with Gasteiger partial charge in [-0.25, -0.2) is 0 Å². The van der Waals surface area contributed by atoms with Gasteiger partial charge >= 0.3 is 6.18 Å². The number of halogens is 3. The van der Waals surface area contributed by atoms with Gasteiger partial charge in [-0.3, -0.25) is 0 Å². The zero-order chi connectivity index (χ0) is 15.2. The van der Waals surface area contributed by atoms with Crippen LogP contribution in [0.15, 0.2) is 24.3 Å². The first kappa shape index (κ1) is 15.3. The molecule has 5 heteroatoms. The zero-order valence-corrected chi connectivity index (χ0v) is 11.8. The van der Waals surface area contributed by atoms with Crippen LogP contribution in [0.3, 0.4) is 0 Å². The molecule has 0 spiro atoms. The summed E-state index contributed by atoms with van der Waals surface area (Å²) >= 11 is 0. The van der Waals surface area contributed by atoms with E-state index in [1.165, 1.54) is 12.1 Å². The zero-order valence-electron chi connectivity index (χ0n) is 11.8. The first-order chi connectivity index (χ1) is 9.03. The maximum Gasteiger partial charge on any atom is 0.416 e. The Kier molecular flexibility index (Phi) is 3.63. The molecule has 4 N–H and O–H groups in total. The molecule has 1 saturated carbocycles. The second-order valence-corrected chi connectivity index (χ2v) is 6.40. The van der Waals surface area contributed by atoms with Crippen molar-refractivity contribution in [3.63, 3.8) is 0 Å². The highest BCUT2D eigenvalue weighted by molar-refractivity contribution is 5.30. The number of alkyl halides is 3. The minimum Gasteiger partial charge on any atom is -0.324 e. The van der Waals surface area contributed by atoms with E-state index >= 15 is 0 Å². The lowest BCUT2D eigenvalue weighted by atomic mass is 9.65. The lowest BCUT2D eigenvalue weighted by Crippen LogP contribution is -2.64. The molecule has 112 valence electrons. The number of hydrogen-bond donors (Lipinski definition) is 2. The second-order valence-electron chi connectivity index (χ2n) is 6.40. The van der Waals surface area contributed by atoms with Gasteiger partial charge in [0.25, 0.3) is 0 Å². The maximum absolute atomic E-state index is 12.8. The van der Waals surface area contributed by atoms with Gasteiger partial charge in [0.2, 0.25) is 0 Å².